The highest BCUT2D eigenvalue weighted by Crippen LogP contribution is 2.46. The molecule has 84 valence electrons. The molecule has 1 aromatic rings. The smallest absolute Gasteiger partial charge is 0.0794 e. The number of thiazole rings is 1. The summed E-state index contributed by atoms with van der Waals surface area (Å²) >= 11 is 1.73. The molecule has 0 aliphatic heterocycles. The molecule has 0 amide bonds. The van der Waals surface area contributed by atoms with Crippen LogP contribution in [0.1, 0.15) is 58.1 Å². The Labute approximate surface area is 96.9 Å². The van der Waals surface area contributed by atoms with E-state index in [0.29, 0.717) is 11.3 Å². The van der Waals surface area contributed by atoms with Gasteiger partial charge in [-0.05, 0) is 24.2 Å². The third kappa shape index (κ3) is 2.41. The summed E-state index contributed by atoms with van der Waals surface area (Å²) in [4.78, 5) is 4.52. The van der Waals surface area contributed by atoms with E-state index in [1.807, 2.05) is 5.51 Å². The van der Waals surface area contributed by atoms with Crippen molar-refractivity contribution in [3.63, 3.8) is 0 Å². The zero-order chi connectivity index (χ0) is 10.9. The van der Waals surface area contributed by atoms with Crippen molar-refractivity contribution in [1.29, 1.82) is 0 Å². The maximum atomic E-state index is 4.52. The van der Waals surface area contributed by atoms with E-state index in [2.05, 4.69) is 31.1 Å². The molecule has 1 heterocycles. The van der Waals surface area contributed by atoms with Gasteiger partial charge in [0.2, 0.25) is 0 Å². The van der Waals surface area contributed by atoms with Crippen molar-refractivity contribution in [2.24, 2.45) is 11.3 Å². The third-order valence-electron chi connectivity index (χ3n) is 3.71. The van der Waals surface area contributed by atoms with Gasteiger partial charge in [0, 0.05) is 11.3 Å². The summed E-state index contributed by atoms with van der Waals surface area (Å²) in [5.74, 6) is 1.53. The van der Waals surface area contributed by atoms with Gasteiger partial charge in [-0.1, -0.05) is 33.6 Å². The van der Waals surface area contributed by atoms with Gasteiger partial charge in [0.15, 0.2) is 0 Å². The molecule has 2 heteroatoms. The predicted molar refractivity (Wildman–Crippen MR) is 66.3 cm³/mol. The van der Waals surface area contributed by atoms with E-state index in [1.165, 1.54) is 31.4 Å². The van der Waals surface area contributed by atoms with Gasteiger partial charge >= 0.3 is 0 Å². The summed E-state index contributed by atoms with van der Waals surface area (Å²) < 4.78 is 0. The molecule has 1 aromatic heterocycles. The topological polar surface area (TPSA) is 12.9 Å². The van der Waals surface area contributed by atoms with E-state index in [1.54, 1.807) is 11.3 Å². The lowest BCUT2D eigenvalue weighted by Crippen LogP contribution is -2.29. The van der Waals surface area contributed by atoms with Gasteiger partial charge in [0.25, 0.3) is 0 Å². The van der Waals surface area contributed by atoms with Crippen LogP contribution >= 0.6 is 11.3 Å². The molecule has 0 saturated heterocycles. The van der Waals surface area contributed by atoms with Crippen LogP contribution in [0.2, 0.25) is 0 Å². The van der Waals surface area contributed by atoms with Gasteiger partial charge in [-0.25, -0.2) is 4.98 Å². The molecule has 1 fully saturated rings. The fourth-order valence-corrected chi connectivity index (χ4v) is 3.54. The van der Waals surface area contributed by atoms with E-state index in [4.69, 9.17) is 0 Å². The van der Waals surface area contributed by atoms with E-state index in [-0.39, 0.29) is 0 Å². The molecule has 0 radical (unpaired) electrons. The predicted octanol–water partition coefficient (Wildman–Crippen LogP) is 4.46. The van der Waals surface area contributed by atoms with Crippen molar-refractivity contribution >= 4 is 11.3 Å². The number of hydrogen-bond acceptors (Lipinski definition) is 2. The average Bonchev–Trinajstić information content (AvgIpc) is 2.69. The summed E-state index contributed by atoms with van der Waals surface area (Å²) in [5, 5.41) is 2.24. The van der Waals surface area contributed by atoms with E-state index in [0.717, 1.165) is 5.92 Å². The van der Waals surface area contributed by atoms with Crippen molar-refractivity contribution in [3.8, 4) is 0 Å². The zero-order valence-electron chi connectivity index (χ0n) is 9.99. The summed E-state index contributed by atoms with van der Waals surface area (Å²) in [6, 6.07) is 0. The summed E-state index contributed by atoms with van der Waals surface area (Å²) in [6.07, 6.45) is 5.51. The highest BCUT2D eigenvalue weighted by molar-refractivity contribution is 7.07. The van der Waals surface area contributed by atoms with Crippen molar-refractivity contribution in [2.75, 3.05) is 0 Å². The van der Waals surface area contributed by atoms with Crippen LogP contribution in [0.25, 0.3) is 0 Å². The zero-order valence-corrected chi connectivity index (χ0v) is 10.8. The summed E-state index contributed by atoms with van der Waals surface area (Å²) in [7, 11) is 0. The number of nitrogens with zero attached hydrogens (tertiary/aromatic N) is 1. The van der Waals surface area contributed by atoms with Crippen LogP contribution in [-0.4, -0.2) is 4.98 Å². The Bertz CT molecular complexity index is 297. The second-order valence-electron chi connectivity index (χ2n) is 5.78. The highest BCUT2D eigenvalue weighted by atomic mass is 32.1. The fourth-order valence-electron chi connectivity index (χ4n) is 2.93. The lowest BCUT2D eigenvalue weighted by molar-refractivity contribution is 0.149. The van der Waals surface area contributed by atoms with Gasteiger partial charge in [-0.2, -0.15) is 0 Å². The average molecular weight is 223 g/mol. The Morgan fingerprint density at radius 1 is 1.27 bits per heavy atom. The minimum Gasteiger partial charge on any atom is -0.249 e. The first-order valence-electron chi connectivity index (χ1n) is 5.97. The van der Waals surface area contributed by atoms with Crippen molar-refractivity contribution in [1.82, 2.24) is 4.98 Å². The second kappa shape index (κ2) is 4.25. The van der Waals surface area contributed by atoms with Crippen LogP contribution < -0.4 is 0 Å². The summed E-state index contributed by atoms with van der Waals surface area (Å²) in [6.45, 7) is 7.13. The van der Waals surface area contributed by atoms with E-state index < -0.39 is 0 Å². The number of aromatic nitrogens is 1. The number of hydrogen-bond donors (Lipinski definition) is 0. The Balaban J connectivity index is 2.20. The molecule has 1 saturated carbocycles. The first kappa shape index (κ1) is 11.1. The molecule has 2 rings (SSSR count). The van der Waals surface area contributed by atoms with Crippen molar-refractivity contribution < 1.29 is 0 Å². The highest BCUT2D eigenvalue weighted by Gasteiger charge is 2.35. The van der Waals surface area contributed by atoms with Crippen molar-refractivity contribution in [3.05, 3.63) is 16.6 Å². The lowest BCUT2D eigenvalue weighted by Gasteiger charge is -2.39. The molecule has 0 spiro atoms. The normalized spacial score (nSPS) is 27.9. The SMILES string of the molecule is CC(C)(C)C1CCCCC1c1cscn1. The fraction of sp³-hybridized carbons (Fsp3) is 0.769. The molecule has 1 aliphatic rings. The molecular weight excluding hydrogens is 202 g/mol. The standard InChI is InChI=1S/C13H21NS/c1-13(2,3)11-7-5-4-6-10(11)12-8-15-9-14-12/h8-11H,4-7H2,1-3H3. The van der Waals surface area contributed by atoms with Crippen LogP contribution in [-0.2, 0) is 0 Å². The quantitative estimate of drug-likeness (QED) is 0.685. The van der Waals surface area contributed by atoms with Gasteiger partial charge in [-0.15, -0.1) is 11.3 Å². The molecule has 0 N–H and O–H groups in total. The number of rotatable bonds is 1. The third-order valence-corrected chi connectivity index (χ3v) is 4.31. The van der Waals surface area contributed by atoms with Crippen molar-refractivity contribution in [2.45, 2.75) is 52.4 Å². The van der Waals surface area contributed by atoms with Crippen LogP contribution in [0, 0.1) is 11.3 Å². The monoisotopic (exact) mass is 223 g/mol. The Hall–Kier alpha value is -0.370. The van der Waals surface area contributed by atoms with E-state index in [9.17, 15) is 0 Å². The Morgan fingerprint density at radius 3 is 2.60 bits per heavy atom. The Morgan fingerprint density at radius 2 is 2.00 bits per heavy atom. The largest absolute Gasteiger partial charge is 0.249 e. The minimum absolute atomic E-state index is 0.425. The molecule has 0 bridgehead atoms. The molecule has 0 aromatic carbocycles. The van der Waals surface area contributed by atoms with Crippen LogP contribution in [0.4, 0.5) is 0 Å². The van der Waals surface area contributed by atoms with Gasteiger partial charge < -0.3 is 0 Å². The van der Waals surface area contributed by atoms with Gasteiger partial charge in [0.1, 0.15) is 0 Å². The second-order valence-corrected chi connectivity index (χ2v) is 6.50. The van der Waals surface area contributed by atoms with Crippen LogP contribution in [0.15, 0.2) is 10.9 Å². The molecule has 1 aliphatic carbocycles. The maximum Gasteiger partial charge on any atom is 0.0794 e. The lowest BCUT2D eigenvalue weighted by atomic mass is 9.65. The first-order chi connectivity index (χ1) is 7.09. The molecule has 2 unspecified atom stereocenters. The molecule has 1 nitrogen and oxygen atoms in total. The molecular formula is C13H21NS. The minimum atomic E-state index is 0.425. The van der Waals surface area contributed by atoms with Gasteiger partial charge in [-0.3, -0.25) is 0 Å². The van der Waals surface area contributed by atoms with Gasteiger partial charge in [0.05, 0.1) is 11.2 Å². The van der Waals surface area contributed by atoms with Crippen LogP contribution in [0.5, 0.6) is 0 Å². The Kier molecular flexibility index (Phi) is 3.15. The van der Waals surface area contributed by atoms with Crippen LogP contribution in [0.3, 0.4) is 0 Å². The molecule has 15 heavy (non-hydrogen) atoms. The molecule has 2 atom stereocenters. The maximum absolute atomic E-state index is 4.52. The van der Waals surface area contributed by atoms with E-state index >= 15 is 0 Å². The summed E-state index contributed by atoms with van der Waals surface area (Å²) in [5.41, 5.74) is 3.75. The first-order valence-corrected chi connectivity index (χ1v) is 6.91.